The maximum atomic E-state index is 6.14. The van der Waals surface area contributed by atoms with E-state index in [0.717, 1.165) is 51.9 Å². The SMILES string of the molecule is CCCCCN1CCO[Si](C)(CCCNCCN)OCC1. The molecule has 1 rings (SSSR count). The normalized spacial score (nSPS) is 20.1. The van der Waals surface area contributed by atoms with E-state index in [-0.39, 0.29) is 0 Å². The van der Waals surface area contributed by atoms with Crippen LogP contribution in [0, 0.1) is 0 Å². The monoisotopic (exact) mass is 317 g/mol. The van der Waals surface area contributed by atoms with Crippen molar-refractivity contribution in [3.05, 3.63) is 0 Å². The molecule has 1 aliphatic heterocycles. The van der Waals surface area contributed by atoms with E-state index in [1.807, 2.05) is 0 Å². The first-order chi connectivity index (χ1) is 10.2. The van der Waals surface area contributed by atoms with Gasteiger partial charge in [-0.25, -0.2) is 0 Å². The van der Waals surface area contributed by atoms with E-state index in [2.05, 4.69) is 23.7 Å². The molecule has 0 bridgehead atoms. The van der Waals surface area contributed by atoms with Gasteiger partial charge < -0.3 is 19.9 Å². The summed E-state index contributed by atoms with van der Waals surface area (Å²) in [6.45, 7) is 12.0. The molecule has 1 fully saturated rings. The molecule has 0 aromatic carbocycles. The predicted molar refractivity (Wildman–Crippen MR) is 90.8 cm³/mol. The van der Waals surface area contributed by atoms with Gasteiger partial charge in [-0.05, 0) is 38.5 Å². The van der Waals surface area contributed by atoms with Crippen LogP contribution in [0.3, 0.4) is 0 Å². The fourth-order valence-corrected chi connectivity index (χ4v) is 4.89. The lowest BCUT2D eigenvalue weighted by atomic mass is 10.2. The van der Waals surface area contributed by atoms with Gasteiger partial charge in [0.1, 0.15) is 0 Å². The Balaban J connectivity index is 2.19. The molecule has 1 heterocycles. The van der Waals surface area contributed by atoms with Crippen LogP contribution in [0.25, 0.3) is 0 Å². The van der Waals surface area contributed by atoms with Crippen LogP contribution in [-0.2, 0) is 8.85 Å². The second-order valence-corrected chi connectivity index (χ2v) is 9.37. The third-order valence-corrected chi connectivity index (χ3v) is 6.90. The molecule has 3 N–H and O–H groups in total. The Labute approximate surface area is 131 Å². The van der Waals surface area contributed by atoms with Gasteiger partial charge in [0.2, 0.25) is 0 Å². The van der Waals surface area contributed by atoms with E-state index in [9.17, 15) is 0 Å². The van der Waals surface area contributed by atoms with Crippen LogP contribution in [0.15, 0.2) is 0 Å². The van der Waals surface area contributed by atoms with Crippen molar-refractivity contribution in [2.24, 2.45) is 5.73 Å². The molecule has 0 atom stereocenters. The molecular formula is C15H35N3O2Si. The number of hydrogen-bond donors (Lipinski definition) is 2. The van der Waals surface area contributed by atoms with E-state index in [1.54, 1.807) is 0 Å². The Hall–Kier alpha value is 0.0169. The van der Waals surface area contributed by atoms with Crippen LogP contribution in [0.5, 0.6) is 0 Å². The van der Waals surface area contributed by atoms with E-state index in [4.69, 9.17) is 14.6 Å². The van der Waals surface area contributed by atoms with Crippen LogP contribution in [-0.4, -0.2) is 65.9 Å². The molecule has 1 saturated heterocycles. The Bertz CT molecular complexity index is 247. The van der Waals surface area contributed by atoms with Gasteiger partial charge in [0, 0.05) is 39.4 Å². The maximum Gasteiger partial charge on any atom is 0.335 e. The third-order valence-electron chi connectivity index (χ3n) is 4.01. The minimum atomic E-state index is -1.94. The highest BCUT2D eigenvalue weighted by atomic mass is 28.4. The van der Waals surface area contributed by atoms with Gasteiger partial charge in [-0.2, -0.15) is 0 Å². The van der Waals surface area contributed by atoms with Gasteiger partial charge >= 0.3 is 8.56 Å². The third kappa shape index (κ3) is 8.90. The number of rotatable bonds is 10. The lowest BCUT2D eigenvalue weighted by Crippen LogP contribution is -2.46. The molecule has 0 aromatic heterocycles. The average molecular weight is 318 g/mol. The highest BCUT2D eigenvalue weighted by Gasteiger charge is 2.32. The number of nitrogens with two attached hydrogens (primary N) is 1. The zero-order chi connectivity index (χ0) is 15.4. The van der Waals surface area contributed by atoms with Crippen molar-refractivity contribution in [2.45, 2.75) is 45.2 Å². The van der Waals surface area contributed by atoms with Gasteiger partial charge in [0.05, 0.1) is 0 Å². The van der Waals surface area contributed by atoms with Crippen molar-refractivity contribution in [3.8, 4) is 0 Å². The molecule has 6 heteroatoms. The summed E-state index contributed by atoms with van der Waals surface area (Å²) >= 11 is 0. The van der Waals surface area contributed by atoms with Gasteiger partial charge in [0.15, 0.2) is 0 Å². The molecule has 0 aliphatic carbocycles. The van der Waals surface area contributed by atoms with Crippen LogP contribution in [0.2, 0.25) is 12.6 Å². The second-order valence-electron chi connectivity index (χ2n) is 6.02. The van der Waals surface area contributed by atoms with Crippen molar-refractivity contribution in [1.29, 1.82) is 0 Å². The summed E-state index contributed by atoms with van der Waals surface area (Å²) in [5.41, 5.74) is 5.47. The van der Waals surface area contributed by atoms with Crippen molar-refractivity contribution in [3.63, 3.8) is 0 Å². The zero-order valence-electron chi connectivity index (χ0n) is 14.0. The molecule has 0 amide bonds. The number of nitrogens with one attached hydrogen (secondary N) is 1. The standard InChI is InChI=1S/C15H35N3O2Si/c1-3-4-5-10-18-11-13-19-21(2,20-14-12-18)15-6-8-17-9-7-16/h17H,3-16H2,1-2H3. The van der Waals surface area contributed by atoms with E-state index in [1.165, 1.54) is 25.8 Å². The largest absolute Gasteiger partial charge is 0.393 e. The number of unbranched alkanes of at least 4 members (excludes halogenated alkanes) is 2. The quantitative estimate of drug-likeness (QED) is 0.473. The first-order valence-electron chi connectivity index (χ1n) is 8.61. The molecule has 0 radical (unpaired) electrons. The molecule has 0 unspecified atom stereocenters. The second kappa shape index (κ2) is 11.6. The lowest BCUT2D eigenvalue weighted by Gasteiger charge is -2.33. The molecule has 126 valence electrons. The lowest BCUT2D eigenvalue weighted by molar-refractivity contribution is 0.0951. The zero-order valence-corrected chi connectivity index (χ0v) is 15.0. The molecular weight excluding hydrogens is 282 g/mol. The van der Waals surface area contributed by atoms with Crippen molar-refractivity contribution < 1.29 is 8.85 Å². The van der Waals surface area contributed by atoms with Gasteiger partial charge in [-0.1, -0.05) is 19.8 Å². The van der Waals surface area contributed by atoms with Crippen molar-refractivity contribution in [1.82, 2.24) is 10.2 Å². The highest BCUT2D eigenvalue weighted by molar-refractivity contribution is 6.66. The van der Waals surface area contributed by atoms with E-state index in [0.29, 0.717) is 6.54 Å². The molecule has 1 aliphatic rings. The summed E-state index contributed by atoms with van der Waals surface area (Å²) in [5, 5.41) is 3.33. The summed E-state index contributed by atoms with van der Waals surface area (Å²) in [6.07, 6.45) is 5.01. The van der Waals surface area contributed by atoms with Crippen LogP contribution < -0.4 is 11.1 Å². The minimum Gasteiger partial charge on any atom is -0.393 e. The molecule has 0 spiro atoms. The Morgan fingerprint density at radius 2 is 1.81 bits per heavy atom. The van der Waals surface area contributed by atoms with E-state index < -0.39 is 8.56 Å². The number of hydrogen-bond acceptors (Lipinski definition) is 5. The van der Waals surface area contributed by atoms with E-state index >= 15 is 0 Å². The Morgan fingerprint density at radius 3 is 2.43 bits per heavy atom. The molecule has 5 nitrogen and oxygen atoms in total. The Kier molecular flexibility index (Phi) is 10.5. The highest BCUT2D eigenvalue weighted by Crippen LogP contribution is 2.17. The average Bonchev–Trinajstić information content (AvgIpc) is 2.45. The smallest absolute Gasteiger partial charge is 0.335 e. The maximum absolute atomic E-state index is 6.14. The van der Waals surface area contributed by atoms with Crippen LogP contribution in [0.1, 0.15) is 32.6 Å². The molecule has 21 heavy (non-hydrogen) atoms. The van der Waals surface area contributed by atoms with Crippen LogP contribution >= 0.6 is 0 Å². The van der Waals surface area contributed by atoms with Gasteiger partial charge in [-0.3, -0.25) is 4.90 Å². The molecule has 0 aromatic rings. The first kappa shape index (κ1) is 19.1. The van der Waals surface area contributed by atoms with Crippen molar-refractivity contribution in [2.75, 3.05) is 52.5 Å². The molecule has 0 saturated carbocycles. The predicted octanol–water partition coefficient (Wildman–Crippen LogP) is 1.54. The topological polar surface area (TPSA) is 59.8 Å². The van der Waals surface area contributed by atoms with Crippen molar-refractivity contribution >= 4 is 8.56 Å². The summed E-state index contributed by atoms with van der Waals surface area (Å²) < 4.78 is 12.3. The number of nitrogens with zero attached hydrogens (tertiary/aromatic N) is 1. The van der Waals surface area contributed by atoms with Crippen LogP contribution in [0.4, 0.5) is 0 Å². The summed E-state index contributed by atoms with van der Waals surface area (Å²) in [7, 11) is -1.94. The summed E-state index contributed by atoms with van der Waals surface area (Å²) in [4.78, 5) is 2.48. The fourth-order valence-electron chi connectivity index (χ4n) is 2.65. The Morgan fingerprint density at radius 1 is 1.10 bits per heavy atom. The summed E-state index contributed by atoms with van der Waals surface area (Å²) in [6, 6.07) is 1.07. The summed E-state index contributed by atoms with van der Waals surface area (Å²) in [5.74, 6) is 0. The van der Waals surface area contributed by atoms with Gasteiger partial charge in [0.25, 0.3) is 0 Å². The van der Waals surface area contributed by atoms with Gasteiger partial charge in [-0.15, -0.1) is 0 Å². The first-order valence-corrected chi connectivity index (χ1v) is 11.1. The fraction of sp³-hybridized carbons (Fsp3) is 1.00. The minimum absolute atomic E-state index is 0.704.